The van der Waals surface area contributed by atoms with Crippen LogP contribution in [0.1, 0.15) is 54.8 Å². The summed E-state index contributed by atoms with van der Waals surface area (Å²) in [6.07, 6.45) is 1.08. The maximum Gasteiger partial charge on any atom is 0.126 e. The first-order valence-electron chi connectivity index (χ1n) is 7.35. The molecule has 1 unspecified atom stereocenters. The fourth-order valence-electron chi connectivity index (χ4n) is 2.27. The molecule has 0 spiro atoms. The van der Waals surface area contributed by atoms with Crippen molar-refractivity contribution in [2.24, 2.45) is 0 Å². The predicted octanol–water partition coefficient (Wildman–Crippen LogP) is 6.15. The second kappa shape index (κ2) is 6.19. The van der Waals surface area contributed by atoms with Crippen molar-refractivity contribution in [1.29, 1.82) is 0 Å². The van der Waals surface area contributed by atoms with E-state index in [4.69, 9.17) is 11.6 Å². The monoisotopic (exact) mass is 304 g/mol. The van der Waals surface area contributed by atoms with Crippen molar-refractivity contribution in [3.05, 3.63) is 70.5 Å². The molecule has 0 radical (unpaired) electrons. The van der Waals surface area contributed by atoms with Gasteiger partial charge in [0.1, 0.15) is 5.82 Å². The minimum absolute atomic E-state index is 0.163. The van der Waals surface area contributed by atoms with Gasteiger partial charge in [0.05, 0.1) is 5.38 Å². The second-order valence-corrected chi connectivity index (χ2v) is 6.67. The van der Waals surface area contributed by atoms with Gasteiger partial charge in [0.25, 0.3) is 0 Å². The topological polar surface area (TPSA) is 0 Å². The molecule has 0 nitrogen and oxygen atoms in total. The zero-order valence-electron chi connectivity index (χ0n) is 13.1. The molecule has 0 bridgehead atoms. The molecule has 1 atom stereocenters. The molecular weight excluding hydrogens is 283 g/mol. The van der Waals surface area contributed by atoms with Crippen LogP contribution in [0.25, 0.3) is 0 Å². The van der Waals surface area contributed by atoms with E-state index in [0.29, 0.717) is 5.56 Å². The van der Waals surface area contributed by atoms with Crippen molar-refractivity contribution >= 4 is 11.6 Å². The van der Waals surface area contributed by atoms with Gasteiger partial charge >= 0.3 is 0 Å². The van der Waals surface area contributed by atoms with Crippen molar-refractivity contribution in [3.63, 3.8) is 0 Å². The van der Waals surface area contributed by atoms with Crippen molar-refractivity contribution in [2.45, 2.75) is 44.9 Å². The molecule has 21 heavy (non-hydrogen) atoms. The van der Waals surface area contributed by atoms with Crippen LogP contribution in [0, 0.1) is 12.7 Å². The largest absolute Gasteiger partial charge is 0.207 e. The summed E-state index contributed by atoms with van der Waals surface area (Å²) in [5, 5.41) is -0.320. The van der Waals surface area contributed by atoms with Crippen molar-refractivity contribution < 1.29 is 4.39 Å². The molecule has 2 heteroatoms. The maximum atomic E-state index is 13.7. The number of hydrogen-bond acceptors (Lipinski definition) is 0. The Kier molecular flexibility index (Phi) is 4.73. The highest BCUT2D eigenvalue weighted by atomic mass is 35.5. The Morgan fingerprint density at radius 2 is 1.62 bits per heavy atom. The molecule has 112 valence electrons. The highest BCUT2D eigenvalue weighted by Crippen LogP contribution is 2.32. The van der Waals surface area contributed by atoms with Crippen LogP contribution in [-0.4, -0.2) is 0 Å². The van der Waals surface area contributed by atoms with Gasteiger partial charge in [-0.2, -0.15) is 0 Å². The average molecular weight is 305 g/mol. The Morgan fingerprint density at radius 1 is 1.05 bits per heavy atom. The highest BCUT2D eigenvalue weighted by Gasteiger charge is 2.19. The van der Waals surface area contributed by atoms with Crippen LogP contribution in [0.15, 0.2) is 42.5 Å². The summed E-state index contributed by atoms with van der Waals surface area (Å²) in [6.45, 7) is 8.41. The van der Waals surface area contributed by atoms with Gasteiger partial charge in [0, 0.05) is 0 Å². The smallest absolute Gasteiger partial charge is 0.126 e. The highest BCUT2D eigenvalue weighted by molar-refractivity contribution is 6.22. The van der Waals surface area contributed by atoms with Gasteiger partial charge in [-0.25, -0.2) is 4.39 Å². The van der Waals surface area contributed by atoms with E-state index in [2.05, 4.69) is 32.9 Å². The Labute approximate surface area is 132 Å². The molecule has 0 amide bonds. The lowest BCUT2D eigenvalue weighted by Gasteiger charge is -2.24. The van der Waals surface area contributed by atoms with Crippen molar-refractivity contribution in [1.82, 2.24) is 0 Å². The van der Waals surface area contributed by atoms with E-state index in [-0.39, 0.29) is 16.6 Å². The molecule has 0 aliphatic carbocycles. The Balaban J connectivity index is 2.27. The van der Waals surface area contributed by atoms with Gasteiger partial charge in [-0.05, 0) is 47.1 Å². The minimum Gasteiger partial charge on any atom is -0.207 e. The van der Waals surface area contributed by atoms with Gasteiger partial charge < -0.3 is 0 Å². The van der Waals surface area contributed by atoms with Crippen LogP contribution < -0.4 is 0 Å². The molecule has 0 N–H and O–H groups in total. The van der Waals surface area contributed by atoms with E-state index in [1.54, 1.807) is 13.0 Å². The summed E-state index contributed by atoms with van der Waals surface area (Å²) >= 11 is 6.49. The standard InChI is InChI=1S/C19H22ClF/c1-5-19(3,4)16-10-8-14(9-11-16)18(20)15-7-6-13(2)17(21)12-15/h6-12,18H,5H2,1-4H3. The van der Waals surface area contributed by atoms with Gasteiger partial charge in [0.2, 0.25) is 0 Å². The summed E-state index contributed by atoms with van der Waals surface area (Å²) in [4.78, 5) is 0. The molecule has 0 aromatic heterocycles. The number of benzene rings is 2. The van der Waals surface area contributed by atoms with E-state index in [9.17, 15) is 4.39 Å². The summed E-state index contributed by atoms with van der Waals surface area (Å²) in [7, 11) is 0. The maximum absolute atomic E-state index is 13.7. The molecule has 0 heterocycles. The van der Waals surface area contributed by atoms with Crippen LogP contribution >= 0.6 is 11.6 Å². The molecule has 0 fully saturated rings. The first-order chi connectivity index (χ1) is 9.85. The summed E-state index contributed by atoms with van der Waals surface area (Å²) in [5.74, 6) is -0.207. The number of hydrogen-bond donors (Lipinski definition) is 0. The van der Waals surface area contributed by atoms with Gasteiger partial charge in [-0.3, -0.25) is 0 Å². The Morgan fingerprint density at radius 3 is 2.14 bits per heavy atom. The number of aryl methyl sites for hydroxylation is 1. The zero-order valence-corrected chi connectivity index (χ0v) is 13.8. The van der Waals surface area contributed by atoms with Crippen LogP contribution in [0.4, 0.5) is 4.39 Å². The number of rotatable bonds is 4. The second-order valence-electron chi connectivity index (χ2n) is 6.23. The fourth-order valence-corrected chi connectivity index (χ4v) is 2.55. The van der Waals surface area contributed by atoms with Crippen LogP contribution in [0.3, 0.4) is 0 Å². The zero-order chi connectivity index (χ0) is 15.6. The number of alkyl halides is 1. The molecule has 0 saturated heterocycles. The lowest BCUT2D eigenvalue weighted by Crippen LogP contribution is -2.15. The lowest BCUT2D eigenvalue weighted by molar-refractivity contribution is 0.506. The fraction of sp³-hybridized carbons (Fsp3) is 0.368. The predicted molar refractivity (Wildman–Crippen MR) is 88.6 cm³/mol. The molecule has 2 rings (SSSR count). The minimum atomic E-state index is -0.320. The molecule has 2 aromatic carbocycles. The molecule has 2 aromatic rings. The number of halogens is 2. The molecule has 0 aliphatic rings. The molecule has 0 aliphatic heterocycles. The lowest BCUT2D eigenvalue weighted by atomic mass is 9.82. The van der Waals surface area contributed by atoms with Gasteiger partial charge in [-0.15, -0.1) is 11.6 Å². The van der Waals surface area contributed by atoms with Gasteiger partial charge in [-0.1, -0.05) is 57.2 Å². The Hall–Kier alpha value is -1.34. The first kappa shape index (κ1) is 16.0. The summed E-state index contributed by atoms with van der Waals surface area (Å²) in [5.41, 5.74) is 3.89. The SMILES string of the molecule is CCC(C)(C)c1ccc(C(Cl)c2ccc(C)c(F)c2)cc1. The third-order valence-electron chi connectivity index (χ3n) is 4.36. The van der Waals surface area contributed by atoms with Crippen LogP contribution in [-0.2, 0) is 5.41 Å². The van der Waals surface area contributed by atoms with Crippen molar-refractivity contribution in [3.8, 4) is 0 Å². The summed E-state index contributed by atoms with van der Waals surface area (Å²) < 4.78 is 13.7. The molecular formula is C19H22ClF. The van der Waals surface area contributed by atoms with E-state index in [1.165, 1.54) is 11.6 Å². The first-order valence-corrected chi connectivity index (χ1v) is 7.79. The third-order valence-corrected chi connectivity index (χ3v) is 4.86. The van der Waals surface area contributed by atoms with Crippen LogP contribution in [0.2, 0.25) is 0 Å². The van der Waals surface area contributed by atoms with E-state index < -0.39 is 0 Å². The van der Waals surface area contributed by atoms with Crippen molar-refractivity contribution in [2.75, 3.05) is 0 Å². The third kappa shape index (κ3) is 3.47. The van der Waals surface area contributed by atoms with E-state index in [0.717, 1.165) is 17.5 Å². The quantitative estimate of drug-likeness (QED) is 0.594. The summed E-state index contributed by atoms with van der Waals surface area (Å²) in [6, 6.07) is 13.5. The van der Waals surface area contributed by atoms with E-state index >= 15 is 0 Å². The average Bonchev–Trinajstić information content (AvgIpc) is 2.49. The van der Waals surface area contributed by atoms with Gasteiger partial charge in [0.15, 0.2) is 0 Å². The Bertz CT molecular complexity index is 614. The van der Waals surface area contributed by atoms with E-state index in [1.807, 2.05) is 18.2 Å². The molecule has 0 saturated carbocycles. The van der Waals surface area contributed by atoms with Crippen LogP contribution in [0.5, 0.6) is 0 Å². The normalized spacial score (nSPS) is 13.2.